The molecule has 0 bridgehead atoms. The van der Waals surface area contributed by atoms with Crippen molar-refractivity contribution in [3.05, 3.63) is 152 Å². The first-order valence-corrected chi connectivity index (χ1v) is 42.1. The lowest BCUT2D eigenvalue weighted by Crippen LogP contribution is -2.51. The molecule has 0 saturated carbocycles. The SMILES string of the molecule is C=CCC(CC=C)(C(=O)OC)N(C)C.C=CCCC(CCC=C)(C(=O)OC)N(C)C.C=CCCCC(CCCC=C)(C(=O)OC)N(C)C.C=CCCCCC(CCCCC=C)(C(=O)OC)N(C)C.C=CCCCCCC(CCCCCC=C)(C(=O)OC)N(C)C.C=CCCCCCCC(CCCCCCC=C)(C(=O)OC)N(C)C. The summed E-state index contributed by atoms with van der Waals surface area (Å²) in [7, 11) is 32.1. The first-order valence-electron chi connectivity index (χ1n) is 42.1. The van der Waals surface area contributed by atoms with E-state index in [4.69, 9.17) is 28.4 Å². The van der Waals surface area contributed by atoms with E-state index in [9.17, 15) is 28.8 Å². The molecular formula is C96H174N6O12. The molecule has 0 aliphatic rings. The second-order valence-electron chi connectivity index (χ2n) is 30.8. The van der Waals surface area contributed by atoms with Crippen molar-refractivity contribution in [1.82, 2.24) is 29.4 Å². The van der Waals surface area contributed by atoms with Crippen LogP contribution < -0.4 is 0 Å². The third-order valence-electron chi connectivity index (χ3n) is 22.0. The van der Waals surface area contributed by atoms with Crippen molar-refractivity contribution in [2.45, 2.75) is 303 Å². The Bertz CT molecular complexity index is 2520. The number of carbonyl (C=O) groups is 6. The van der Waals surface area contributed by atoms with Crippen LogP contribution in [0.4, 0.5) is 0 Å². The normalized spacial score (nSPS) is 11.4. The van der Waals surface area contributed by atoms with Crippen LogP contribution in [0.5, 0.6) is 0 Å². The van der Waals surface area contributed by atoms with Gasteiger partial charge in [0, 0.05) is 0 Å². The number of likely N-dealkylation sites (N-methyl/N-ethyl adjacent to an activating group) is 6. The molecule has 0 fully saturated rings. The molecule has 18 heteroatoms. The fraction of sp³-hybridized carbons (Fsp3) is 0.688. The molecule has 0 aromatic carbocycles. The van der Waals surface area contributed by atoms with Crippen LogP contribution in [0.2, 0.25) is 0 Å². The van der Waals surface area contributed by atoms with Crippen molar-refractivity contribution in [3.8, 4) is 0 Å². The predicted octanol–water partition coefficient (Wildman–Crippen LogP) is 21.4. The van der Waals surface area contributed by atoms with Gasteiger partial charge in [-0.1, -0.05) is 150 Å². The highest BCUT2D eigenvalue weighted by Gasteiger charge is 2.45. The monoisotopic (exact) mass is 1600 g/mol. The highest BCUT2D eigenvalue weighted by molar-refractivity contribution is 5.83. The maximum atomic E-state index is 12.5. The highest BCUT2D eigenvalue weighted by atomic mass is 16.5. The van der Waals surface area contributed by atoms with Gasteiger partial charge >= 0.3 is 35.8 Å². The Hall–Kier alpha value is -6.54. The van der Waals surface area contributed by atoms with E-state index >= 15 is 0 Å². The third-order valence-corrected chi connectivity index (χ3v) is 22.0. The van der Waals surface area contributed by atoms with Gasteiger partial charge in [0.2, 0.25) is 0 Å². The van der Waals surface area contributed by atoms with Gasteiger partial charge in [-0.2, -0.15) is 0 Å². The van der Waals surface area contributed by atoms with Crippen LogP contribution in [-0.2, 0) is 57.2 Å². The molecule has 0 rings (SSSR count). The molecule has 0 radical (unpaired) electrons. The lowest BCUT2D eigenvalue weighted by molar-refractivity contribution is -0.155. The molecule has 0 spiro atoms. The number of carbonyl (C=O) groups excluding carboxylic acids is 6. The number of rotatable bonds is 66. The van der Waals surface area contributed by atoms with Gasteiger partial charge in [0.25, 0.3) is 0 Å². The summed E-state index contributed by atoms with van der Waals surface area (Å²) in [4.78, 5) is 85.0. The Kier molecular flexibility index (Phi) is 78.1. The Morgan fingerprint density at radius 1 is 0.193 bits per heavy atom. The van der Waals surface area contributed by atoms with Crippen LogP contribution in [0.15, 0.2) is 152 Å². The van der Waals surface area contributed by atoms with Crippen molar-refractivity contribution in [2.75, 3.05) is 127 Å². The van der Waals surface area contributed by atoms with Crippen LogP contribution in [0, 0.1) is 0 Å². The summed E-state index contributed by atoms with van der Waals surface area (Å²) in [6.07, 6.45) is 63.7. The zero-order chi connectivity index (χ0) is 88.4. The lowest BCUT2D eigenvalue weighted by Gasteiger charge is -2.37. The van der Waals surface area contributed by atoms with E-state index in [1.807, 2.05) is 165 Å². The van der Waals surface area contributed by atoms with Gasteiger partial charge in [0.15, 0.2) is 0 Å². The van der Waals surface area contributed by atoms with E-state index in [2.05, 4.69) is 88.7 Å². The van der Waals surface area contributed by atoms with Crippen molar-refractivity contribution >= 4 is 35.8 Å². The molecule has 0 heterocycles. The van der Waals surface area contributed by atoms with Crippen LogP contribution in [0.1, 0.15) is 270 Å². The van der Waals surface area contributed by atoms with E-state index in [0.717, 1.165) is 218 Å². The van der Waals surface area contributed by atoms with Crippen LogP contribution in [0.25, 0.3) is 0 Å². The molecule has 0 aromatic heterocycles. The van der Waals surface area contributed by atoms with Crippen molar-refractivity contribution < 1.29 is 57.2 Å². The summed E-state index contributed by atoms with van der Waals surface area (Å²) in [5.74, 6) is -0.849. The molecule has 0 aromatic rings. The van der Waals surface area contributed by atoms with Crippen LogP contribution in [-0.4, -0.2) is 226 Å². The number of unbranched alkanes of at least 4 members (excludes halogenated alkanes) is 20. The molecule has 0 atom stereocenters. The number of hydrogen-bond acceptors (Lipinski definition) is 18. The lowest BCUT2D eigenvalue weighted by atomic mass is 9.85. The van der Waals surface area contributed by atoms with Gasteiger partial charge < -0.3 is 28.4 Å². The van der Waals surface area contributed by atoms with E-state index in [-0.39, 0.29) is 35.8 Å². The summed E-state index contributed by atoms with van der Waals surface area (Å²) >= 11 is 0. The maximum Gasteiger partial charge on any atom is 0.326 e. The first-order chi connectivity index (χ1) is 54.3. The Labute approximate surface area is 700 Å². The van der Waals surface area contributed by atoms with Gasteiger partial charge in [0.05, 0.1) is 42.7 Å². The van der Waals surface area contributed by atoms with E-state index < -0.39 is 33.2 Å². The highest BCUT2D eigenvalue weighted by Crippen LogP contribution is 2.34. The van der Waals surface area contributed by atoms with Crippen molar-refractivity contribution in [3.63, 3.8) is 0 Å². The first kappa shape index (κ1) is 118. The van der Waals surface area contributed by atoms with Gasteiger partial charge in [-0.25, -0.2) is 0 Å². The smallest absolute Gasteiger partial charge is 0.326 e. The molecule has 0 saturated heterocycles. The van der Waals surface area contributed by atoms with Crippen LogP contribution in [0.3, 0.4) is 0 Å². The van der Waals surface area contributed by atoms with E-state index in [1.165, 1.54) is 81.2 Å². The van der Waals surface area contributed by atoms with Gasteiger partial charge in [-0.15, -0.1) is 78.9 Å². The number of allylic oxidation sites excluding steroid dienone is 10. The number of hydrogen-bond donors (Lipinski definition) is 0. The summed E-state index contributed by atoms with van der Waals surface area (Å²) < 4.78 is 30.1. The Morgan fingerprint density at radius 2 is 0.333 bits per heavy atom. The zero-order valence-electron chi connectivity index (χ0n) is 76.7. The second kappa shape index (κ2) is 75.2. The summed E-state index contributed by atoms with van der Waals surface area (Å²) in [5.41, 5.74) is -3.16. The molecule has 18 nitrogen and oxygen atoms in total. The van der Waals surface area contributed by atoms with E-state index in [1.54, 1.807) is 12.2 Å². The standard InChI is InChI=1S/C21H39NO2.C19H35NO2.C17H31NO2.C15H27NO2.C13H23NO2.C11H19NO2/c1-6-8-10-12-14-16-18-21(22(3)4,20(23)24-5)19-17-15-13-11-9-7-2;1-6-8-10-12-14-16-19(20(3)4,18(21)22-5)17-15-13-11-9-7-2;1-6-8-10-12-14-17(18(3)4,16(19)20-5)15-13-11-9-7-2;1-6-8-10-12-15(16(3)4,14(17)18-5)13-11-9-7-2;1-6-8-10-13(14(3)4,11-9-7-2)12(15)16-5;1-6-8-11(9-7-2,12(3)4)10(13)14-5/h6-7H,1-2,8-19H2,3-5H3;6-7H,1-2,8-17H2,3-5H3;6-7H,1-2,8-15H2,3-5H3;6-7H,1-2,8-13H2,3-5H3;6-7H,1-2,8-11H2,3-5H3;6-7H,1-2,8-9H2,3-5H3. The molecular weight excluding hydrogens is 1430 g/mol. The molecule has 0 aliphatic heterocycles. The fourth-order valence-electron chi connectivity index (χ4n) is 14.3. The summed E-state index contributed by atoms with van der Waals surface area (Å²) in [6, 6.07) is 0. The average Bonchev–Trinajstić information content (AvgIpc) is 0.854. The summed E-state index contributed by atoms with van der Waals surface area (Å²) in [5, 5.41) is 0. The molecule has 660 valence electrons. The number of methoxy groups -OCH3 is 6. The molecule has 0 amide bonds. The fourth-order valence-corrected chi connectivity index (χ4v) is 14.3. The zero-order valence-corrected chi connectivity index (χ0v) is 76.7. The molecule has 114 heavy (non-hydrogen) atoms. The minimum Gasteiger partial charge on any atom is -0.468 e. The quantitative estimate of drug-likeness (QED) is 0.0243. The van der Waals surface area contributed by atoms with Gasteiger partial charge in [-0.3, -0.25) is 58.2 Å². The molecule has 0 unspecified atom stereocenters. The number of nitrogens with zero attached hydrogens (tertiary/aromatic N) is 6. The van der Waals surface area contributed by atoms with Gasteiger partial charge in [0.1, 0.15) is 33.2 Å². The predicted molar refractivity (Wildman–Crippen MR) is 487 cm³/mol. The Balaban J connectivity index is -0.000000309. The molecule has 0 aliphatic carbocycles. The number of esters is 6. The van der Waals surface area contributed by atoms with Crippen LogP contribution >= 0.6 is 0 Å². The van der Waals surface area contributed by atoms with Gasteiger partial charge in [-0.05, 0) is 277 Å². The minimum atomic E-state index is -0.655. The summed E-state index contributed by atoms with van der Waals surface area (Å²) in [6.45, 7) is 44.7. The van der Waals surface area contributed by atoms with E-state index in [0.29, 0.717) is 12.8 Å². The van der Waals surface area contributed by atoms with Crippen molar-refractivity contribution in [2.24, 2.45) is 0 Å². The number of ether oxygens (including phenoxy) is 6. The average molecular weight is 1600 g/mol. The van der Waals surface area contributed by atoms with Crippen molar-refractivity contribution in [1.29, 1.82) is 0 Å². The molecule has 0 N–H and O–H groups in total. The Morgan fingerprint density at radius 3 is 0.509 bits per heavy atom. The maximum absolute atomic E-state index is 12.5. The minimum absolute atomic E-state index is 0.0790. The topological polar surface area (TPSA) is 177 Å². The largest absolute Gasteiger partial charge is 0.468 e. The second-order valence-corrected chi connectivity index (χ2v) is 30.8. The third kappa shape index (κ3) is 47.6.